The Labute approximate surface area is 165 Å². The Morgan fingerprint density at radius 1 is 1.14 bits per heavy atom. The Morgan fingerprint density at radius 2 is 1.89 bits per heavy atom. The SMILES string of the molecule is CC(C)Oc1ccc(C2CC(C(=O)N/N=C/C=C/c3ccccc3)NN2)cc1. The molecule has 0 bridgehead atoms. The molecule has 28 heavy (non-hydrogen) atoms. The fraction of sp³-hybridized carbons (Fsp3) is 0.273. The quantitative estimate of drug-likeness (QED) is 0.511. The van der Waals surface area contributed by atoms with Crippen LogP contribution in [-0.2, 0) is 4.79 Å². The lowest BCUT2D eigenvalue weighted by Gasteiger charge is -2.13. The van der Waals surface area contributed by atoms with Crippen molar-refractivity contribution in [2.75, 3.05) is 0 Å². The van der Waals surface area contributed by atoms with Crippen LogP contribution in [0.25, 0.3) is 6.08 Å². The lowest BCUT2D eigenvalue weighted by molar-refractivity contribution is -0.122. The number of benzene rings is 2. The normalized spacial score (nSPS) is 19.5. The van der Waals surface area contributed by atoms with E-state index in [0.717, 1.165) is 16.9 Å². The van der Waals surface area contributed by atoms with E-state index in [4.69, 9.17) is 4.74 Å². The van der Waals surface area contributed by atoms with Crippen LogP contribution in [-0.4, -0.2) is 24.3 Å². The highest BCUT2D eigenvalue weighted by Crippen LogP contribution is 2.24. The molecule has 146 valence electrons. The van der Waals surface area contributed by atoms with Crippen LogP contribution in [0.3, 0.4) is 0 Å². The molecule has 3 N–H and O–H groups in total. The van der Waals surface area contributed by atoms with Crippen LogP contribution in [0.2, 0.25) is 0 Å². The van der Waals surface area contributed by atoms with E-state index in [1.807, 2.05) is 74.5 Å². The van der Waals surface area contributed by atoms with E-state index >= 15 is 0 Å². The lowest BCUT2D eigenvalue weighted by Crippen LogP contribution is -2.41. The maximum Gasteiger partial charge on any atom is 0.258 e. The number of hydrogen-bond acceptors (Lipinski definition) is 5. The first-order valence-electron chi connectivity index (χ1n) is 9.44. The molecule has 0 spiro atoms. The molecule has 2 unspecified atom stereocenters. The molecule has 0 radical (unpaired) electrons. The van der Waals surface area contributed by atoms with Gasteiger partial charge in [0, 0.05) is 12.3 Å². The number of ether oxygens (including phenoxy) is 1. The molecule has 0 aromatic heterocycles. The van der Waals surface area contributed by atoms with Gasteiger partial charge in [-0.25, -0.2) is 16.3 Å². The molecule has 2 atom stereocenters. The number of nitrogens with zero attached hydrogens (tertiary/aromatic N) is 1. The van der Waals surface area contributed by atoms with Gasteiger partial charge in [0.05, 0.1) is 6.10 Å². The summed E-state index contributed by atoms with van der Waals surface area (Å²) in [4.78, 5) is 12.3. The van der Waals surface area contributed by atoms with Gasteiger partial charge in [-0.05, 0) is 49.6 Å². The van der Waals surface area contributed by atoms with E-state index in [1.165, 1.54) is 0 Å². The topological polar surface area (TPSA) is 74.8 Å². The largest absolute Gasteiger partial charge is 0.491 e. The molecule has 1 saturated heterocycles. The van der Waals surface area contributed by atoms with Crippen molar-refractivity contribution in [1.29, 1.82) is 0 Å². The molecule has 6 heteroatoms. The predicted octanol–water partition coefficient (Wildman–Crippen LogP) is 3.20. The average Bonchev–Trinajstić information content (AvgIpc) is 3.19. The molecular weight excluding hydrogens is 352 g/mol. The van der Waals surface area contributed by atoms with E-state index in [-0.39, 0.29) is 24.1 Å². The third kappa shape index (κ3) is 5.77. The summed E-state index contributed by atoms with van der Waals surface area (Å²) in [6.45, 7) is 4.00. The highest BCUT2D eigenvalue weighted by Gasteiger charge is 2.29. The van der Waals surface area contributed by atoms with Gasteiger partial charge in [0.2, 0.25) is 0 Å². The summed E-state index contributed by atoms with van der Waals surface area (Å²) >= 11 is 0. The maximum atomic E-state index is 12.3. The number of hydrazone groups is 1. The number of hydrogen-bond donors (Lipinski definition) is 3. The highest BCUT2D eigenvalue weighted by atomic mass is 16.5. The van der Waals surface area contributed by atoms with Crippen LogP contribution in [0, 0.1) is 0 Å². The van der Waals surface area contributed by atoms with Crippen molar-refractivity contribution in [1.82, 2.24) is 16.3 Å². The van der Waals surface area contributed by atoms with Crippen LogP contribution in [0.5, 0.6) is 5.75 Å². The summed E-state index contributed by atoms with van der Waals surface area (Å²) in [5.74, 6) is 0.677. The zero-order valence-corrected chi connectivity index (χ0v) is 16.1. The number of amides is 1. The summed E-state index contributed by atoms with van der Waals surface area (Å²) in [5, 5.41) is 3.97. The van der Waals surface area contributed by atoms with Gasteiger partial charge in [-0.1, -0.05) is 48.5 Å². The van der Waals surface area contributed by atoms with Crippen molar-refractivity contribution >= 4 is 18.2 Å². The van der Waals surface area contributed by atoms with Crippen molar-refractivity contribution < 1.29 is 9.53 Å². The Balaban J connectivity index is 1.46. The molecule has 0 saturated carbocycles. The van der Waals surface area contributed by atoms with Gasteiger partial charge in [0.1, 0.15) is 11.8 Å². The molecule has 0 aliphatic carbocycles. The summed E-state index contributed by atoms with van der Waals surface area (Å²) in [6.07, 6.45) is 6.07. The Hall–Kier alpha value is -2.96. The first-order chi connectivity index (χ1) is 13.6. The summed E-state index contributed by atoms with van der Waals surface area (Å²) < 4.78 is 5.66. The van der Waals surface area contributed by atoms with E-state index < -0.39 is 0 Å². The zero-order chi connectivity index (χ0) is 19.8. The van der Waals surface area contributed by atoms with Crippen molar-refractivity contribution in [3.63, 3.8) is 0 Å². The number of nitrogens with one attached hydrogen (secondary N) is 3. The summed E-state index contributed by atoms with van der Waals surface area (Å²) in [5.41, 5.74) is 11.0. The van der Waals surface area contributed by atoms with Gasteiger partial charge in [0.15, 0.2) is 0 Å². The first kappa shape index (κ1) is 19.8. The number of rotatable bonds is 7. The molecule has 6 nitrogen and oxygen atoms in total. The van der Waals surface area contributed by atoms with E-state index in [9.17, 15) is 4.79 Å². The van der Waals surface area contributed by atoms with Crippen molar-refractivity contribution in [2.45, 2.75) is 38.5 Å². The molecule has 1 aliphatic heterocycles. The Morgan fingerprint density at radius 3 is 2.61 bits per heavy atom. The number of carbonyl (C=O) groups excluding carboxylic acids is 1. The lowest BCUT2D eigenvalue weighted by atomic mass is 10.0. The fourth-order valence-corrected chi connectivity index (χ4v) is 2.94. The minimum Gasteiger partial charge on any atom is -0.491 e. The van der Waals surface area contributed by atoms with Crippen LogP contribution in [0.15, 0.2) is 65.8 Å². The second-order valence-corrected chi connectivity index (χ2v) is 6.89. The molecule has 1 fully saturated rings. The van der Waals surface area contributed by atoms with Gasteiger partial charge in [-0.3, -0.25) is 4.79 Å². The van der Waals surface area contributed by atoms with E-state index in [0.29, 0.717) is 6.42 Å². The molecule has 2 aromatic rings. The van der Waals surface area contributed by atoms with Gasteiger partial charge in [0.25, 0.3) is 5.91 Å². The number of allylic oxidation sites excluding steroid dienone is 1. The number of carbonyl (C=O) groups is 1. The second-order valence-electron chi connectivity index (χ2n) is 6.89. The standard InChI is InChI=1S/C22H26N4O2/c1-16(2)28-19-12-10-18(11-13-19)20-15-21(25-24-20)22(27)26-23-14-6-9-17-7-4-3-5-8-17/h3-14,16,20-21,24-25H,15H2,1-2H3,(H,26,27)/b9-6+,23-14+. The molecule has 1 amide bonds. The fourth-order valence-electron chi connectivity index (χ4n) is 2.94. The van der Waals surface area contributed by atoms with Crippen LogP contribution >= 0.6 is 0 Å². The monoisotopic (exact) mass is 378 g/mol. The molecule has 3 rings (SSSR count). The maximum absolute atomic E-state index is 12.3. The molecule has 2 aromatic carbocycles. The Kier molecular flexibility index (Phi) is 6.94. The average molecular weight is 378 g/mol. The third-order valence-corrected chi connectivity index (χ3v) is 4.30. The van der Waals surface area contributed by atoms with Crippen LogP contribution in [0.1, 0.15) is 37.4 Å². The predicted molar refractivity (Wildman–Crippen MR) is 112 cm³/mol. The Bertz CT molecular complexity index is 816. The zero-order valence-electron chi connectivity index (χ0n) is 16.1. The van der Waals surface area contributed by atoms with Crippen molar-refractivity contribution in [2.24, 2.45) is 5.10 Å². The van der Waals surface area contributed by atoms with Gasteiger partial charge < -0.3 is 4.74 Å². The summed E-state index contributed by atoms with van der Waals surface area (Å²) in [6, 6.07) is 17.6. The van der Waals surface area contributed by atoms with Gasteiger partial charge >= 0.3 is 0 Å². The van der Waals surface area contributed by atoms with Crippen molar-refractivity contribution in [3.8, 4) is 5.75 Å². The third-order valence-electron chi connectivity index (χ3n) is 4.30. The summed E-state index contributed by atoms with van der Waals surface area (Å²) in [7, 11) is 0. The smallest absolute Gasteiger partial charge is 0.258 e. The minimum atomic E-state index is -0.341. The van der Waals surface area contributed by atoms with Crippen LogP contribution in [0.4, 0.5) is 0 Å². The van der Waals surface area contributed by atoms with Gasteiger partial charge in [-0.2, -0.15) is 5.10 Å². The minimum absolute atomic E-state index is 0.0609. The molecule has 1 aliphatic rings. The van der Waals surface area contributed by atoms with E-state index in [2.05, 4.69) is 21.4 Å². The number of hydrazine groups is 1. The van der Waals surface area contributed by atoms with Crippen LogP contribution < -0.4 is 21.0 Å². The molecular formula is C22H26N4O2. The first-order valence-corrected chi connectivity index (χ1v) is 9.44. The van der Waals surface area contributed by atoms with Crippen molar-refractivity contribution in [3.05, 3.63) is 71.8 Å². The van der Waals surface area contributed by atoms with Gasteiger partial charge in [-0.15, -0.1) is 0 Å². The highest BCUT2D eigenvalue weighted by molar-refractivity contribution is 5.84. The second kappa shape index (κ2) is 9.82. The van der Waals surface area contributed by atoms with E-state index in [1.54, 1.807) is 12.3 Å². The molecule has 1 heterocycles.